The molecule has 3 amide bonds. The molecule has 2 heterocycles. The largest absolute Gasteiger partial charge is 0.378 e. The number of para-hydroxylation sites is 2. The number of benzene rings is 2. The molecule has 1 N–H and O–H groups in total. The van der Waals surface area contributed by atoms with Crippen LogP contribution in [0.5, 0.6) is 0 Å². The molecule has 0 aromatic heterocycles. The van der Waals surface area contributed by atoms with Crippen molar-refractivity contribution >= 4 is 29.1 Å². The third-order valence-corrected chi connectivity index (χ3v) is 7.05. The van der Waals surface area contributed by atoms with Gasteiger partial charge < -0.3 is 15.0 Å². The second kappa shape index (κ2) is 9.35. The Morgan fingerprint density at radius 3 is 2.27 bits per heavy atom. The molecule has 0 radical (unpaired) electrons. The van der Waals surface area contributed by atoms with Gasteiger partial charge in [-0.15, -0.1) is 0 Å². The molecule has 0 spiro atoms. The lowest BCUT2D eigenvalue weighted by Crippen LogP contribution is -2.42. The highest BCUT2D eigenvalue weighted by Gasteiger charge is 2.40. The van der Waals surface area contributed by atoms with E-state index in [0.29, 0.717) is 24.3 Å². The van der Waals surface area contributed by atoms with E-state index in [0.717, 1.165) is 50.1 Å². The van der Waals surface area contributed by atoms with Gasteiger partial charge in [0, 0.05) is 25.6 Å². The van der Waals surface area contributed by atoms with Crippen LogP contribution in [0.4, 0.5) is 11.4 Å². The molecule has 2 unspecified atom stereocenters. The summed E-state index contributed by atoms with van der Waals surface area (Å²) in [6.07, 6.45) is 3.57. The van der Waals surface area contributed by atoms with Crippen LogP contribution in [0.1, 0.15) is 46.4 Å². The van der Waals surface area contributed by atoms with Crippen LogP contribution < -0.4 is 10.2 Å². The van der Waals surface area contributed by atoms with E-state index in [9.17, 15) is 14.4 Å². The van der Waals surface area contributed by atoms with E-state index in [1.807, 2.05) is 24.3 Å². The zero-order valence-electron chi connectivity index (χ0n) is 18.7. The molecule has 7 nitrogen and oxygen atoms in total. The molecule has 2 aromatic rings. The van der Waals surface area contributed by atoms with Gasteiger partial charge in [-0.05, 0) is 43.0 Å². The van der Waals surface area contributed by atoms with Gasteiger partial charge in [0.25, 0.3) is 11.8 Å². The SMILES string of the molecule is O=C(Nc1ccccc1N1CCOCC1)C1CCCCC1CN1C(=O)c2ccccc2C1=O. The first-order valence-corrected chi connectivity index (χ1v) is 11.8. The highest BCUT2D eigenvalue weighted by molar-refractivity contribution is 6.21. The zero-order chi connectivity index (χ0) is 22.8. The highest BCUT2D eigenvalue weighted by atomic mass is 16.5. The van der Waals surface area contributed by atoms with Crippen molar-refractivity contribution in [1.82, 2.24) is 4.90 Å². The maximum Gasteiger partial charge on any atom is 0.261 e. The number of rotatable bonds is 5. The standard InChI is InChI=1S/C26H29N3O4/c30-24(27-22-11-5-6-12-23(22)28-13-15-33-16-14-28)19-8-2-1-7-18(19)17-29-25(31)20-9-3-4-10-21(20)26(29)32/h3-6,9-12,18-19H,1-2,7-8,13-17H2,(H,27,30). The maximum absolute atomic E-state index is 13.4. The Bertz CT molecular complexity index is 1030. The third kappa shape index (κ3) is 4.25. The fraction of sp³-hybridized carbons (Fsp3) is 0.423. The Hall–Kier alpha value is -3.19. The van der Waals surface area contributed by atoms with Gasteiger partial charge >= 0.3 is 0 Å². The number of carbonyl (C=O) groups is 3. The summed E-state index contributed by atoms with van der Waals surface area (Å²) in [5.41, 5.74) is 2.72. The summed E-state index contributed by atoms with van der Waals surface area (Å²) in [6.45, 7) is 3.22. The lowest BCUT2D eigenvalue weighted by molar-refractivity contribution is -0.122. The lowest BCUT2D eigenvalue weighted by atomic mass is 9.78. The summed E-state index contributed by atoms with van der Waals surface area (Å²) in [6, 6.07) is 14.8. The predicted molar refractivity (Wildman–Crippen MR) is 125 cm³/mol. The van der Waals surface area contributed by atoms with Gasteiger partial charge in [0.05, 0.1) is 35.7 Å². The molecule has 33 heavy (non-hydrogen) atoms. The van der Waals surface area contributed by atoms with Crippen molar-refractivity contribution in [2.45, 2.75) is 25.7 Å². The summed E-state index contributed by atoms with van der Waals surface area (Å²) in [7, 11) is 0. The van der Waals surface area contributed by atoms with E-state index >= 15 is 0 Å². The van der Waals surface area contributed by atoms with Gasteiger partial charge in [0.15, 0.2) is 0 Å². The van der Waals surface area contributed by atoms with Crippen LogP contribution in [0.25, 0.3) is 0 Å². The molecule has 1 saturated heterocycles. The maximum atomic E-state index is 13.4. The number of anilines is 2. The van der Waals surface area contributed by atoms with E-state index in [1.165, 1.54) is 4.90 Å². The van der Waals surface area contributed by atoms with Crippen molar-refractivity contribution in [1.29, 1.82) is 0 Å². The minimum absolute atomic E-state index is 0.0305. The molecule has 2 aliphatic heterocycles. The van der Waals surface area contributed by atoms with Gasteiger partial charge in [0.2, 0.25) is 5.91 Å². The van der Waals surface area contributed by atoms with Crippen LogP contribution >= 0.6 is 0 Å². The Morgan fingerprint density at radius 1 is 0.909 bits per heavy atom. The van der Waals surface area contributed by atoms with E-state index in [2.05, 4.69) is 10.2 Å². The van der Waals surface area contributed by atoms with Crippen LogP contribution in [0.15, 0.2) is 48.5 Å². The van der Waals surface area contributed by atoms with Gasteiger partial charge in [0.1, 0.15) is 0 Å². The molecule has 5 rings (SSSR count). The number of nitrogens with one attached hydrogen (secondary N) is 1. The van der Waals surface area contributed by atoms with Gasteiger partial charge in [-0.2, -0.15) is 0 Å². The van der Waals surface area contributed by atoms with Gasteiger partial charge in [-0.25, -0.2) is 0 Å². The topological polar surface area (TPSA) is 79.0 Å². The smallest absolute Gasteiger partial charge is 0.261 e. The first-order valence-electron chi connectivity index (χ1n) is 11.8. The van der Waals surface area contributed by atoms with Crippen molar-refractivity contribution in [2.75, 3.05) is 43.1 Å². The number of nitrogens with zero attached hydrogens (tertiary/aromatic N) is 2. The molecular formula is C26H29N3O4. The van der Waals surface area contributed by atoms with Crippen molar-refractivity contribution in [3.63, 3.8) is 0 Å². The Morgan fingerprint density at radius 2 is 1.55 bits per heavy atom. The molecule has 2 fully saturated rings. The van der Waals surface area contributed by atoms with Crippen LogP contribution in [-0.2, 0) is 9.53 Å². The molecule has 2 atom stereocenters. The van der Waals surface area contributed by atoms with Crippen LogP contribution in [-0.4, -0.2) is 55.5 Å². The van der Waals surface area contributed by atoms with E-state index < -0.39 is 0 Å². The Labute approximate surface area is 193 Å². The number of amides is 3. The number of carbonyl (C=O) groups excluding carboxylic acids is 3. The Kier molecular flexibility index (Phi) is 6.13. The lowest BCUT2D eigenvalue weighted by Gasteiger charge is -2.34. The average molecular weight is 448 g/mol. The molecular weight excluding hydrogens is 418 g/mol. The third-order valence-electron chi connectivity index (χ3n) is 7.05. The summed E-state index contributed by atoms with van der Waals surface area (Å²) < 4.78 is 5.47. The first kappa shape index (κ1) is 21.6. The van der Waals surface area contributed by atoms with E-state index in [1.54, 1.807) is 24.3 Å². The van der Waals surface area contributed by atoms with E-state index in [-0.39, 0.29) is 36.1 Å². The second-order valence-corrected chi connectivity index (χ2v) is 9.02. The monoisotopic (exact) mass is 447 g/mol. The number of ether oxygens (including phenoxy) is 1. The minimum Gasteiger partial charge on any atom is -0.378 e. The molecule has 1 saturated carbocycles. The Balaban J connectivity index is 1.31. The van der Waals surface area contributed by atoms with E-state index in [4.69, 9.17) is 4.74 Å². The first-order chi connectivity index (χ1) is 16.1. The summed E-state index contributed by atoms with van der Waals surface area (Å²) in [5, 5.41) is 3.16. The quantitative estimate of drug-likeness (QED) is 0.709. The van der Waals surface area contributed by atoms with Crippen LogP contribution in [0, 0.1) is 11.8 Å². The normalized spacial score (nSPS) is 22.9. The fourth-order valence-electron chi connectivity index (χ4n) is 5.30. The van der Waals surface area contributed by atoms with Crippen molar-refractivity contribution in [2.24, 2.45) is 11.8 Å². The predicted octanol–water partition coefficient (Wildman–Crippen LogP) is 3.56. The van der Waals surface area contributed by atoms with Crippen molar-refractivity contribution < 1.29 is 19.1 Å². The van der Waals surface area contributed by atoms with Gasteiger partial charge in [-0.3, -0.25) is 19.3 Å². The van der Waals surface area contributed by atoms with Crippen LogP contribution in [0.3, 0.4) is 0 Å². The molecule has 0 bridgehead atoms. The molecule has 172 valence electrons. The number of imide groups is 1. The second-order valence-electron chi connectivity index (χ2n) is 9.02. The highest BCUT2D eigenvalue weighted by Crippen LogP contribution is 2.35. The summed E-state index contributed by atoms with van der Waals surface area (Å²) in [4.78, 5) is 42.7. The van der Waals surface area contributed by atoms with Crippen LogP contribution in [0.2, 0.25) is 0 Å². The summed E-state index contributed by atoms with van der Waals surface area (Å²) >= 11 is 0. The number of hydrogen-bond donors (Lipinski definition) is 1. The number of hydrogen-bond acceptors (Lipinski definition) is 5. The molecule has 3 aliphatic rings. The minimum atomic E-state index is -0.252. The molecule has 7 heteroatoms. The number of morpholine rings is 1. The summed E-state index contributed by atoms with van der Waals surface area (Å²) in [5.74, 6) is -0.815. The number of fused-ring (bicyclic) bond motifs is 1. The van der Waals surface area contributed by atoms with Crippen molar-refractivity contribution in [3.05, 3.63) is 59.7 Å². The fourth-order valence-corrected chi connectivity index (χ4v) is 5.30. The molecule has 2 aromatic carbocycles. The van der Waals surface area contributed by atoms with Crippen molar-refractivity contribution in [3.8, 4) is 0 Å². The zero-order valence-corrected chi connectivity index (χ0v) is 18.7. The average Bonchev–Trinajstić information content (AvgIpc) is 3.10. The van der Waals surface area contributed by atoms with Gasteiger partial charge in [-0.1, -0.05) is 37.1 Å². The molecule has 1 aliphatic carbocycles.